The Morgan fingerprint density at radius 3 is 2.35 bits per heavy atom. The second-order valence-electron chi connectivity index (χ2n) is 8.09. The highest BCUT2D eigenvalue weighted by atomic mass is 35.5. The molecule has 1 fully saturated rings. The summed E-state index contributed by atoms with van der Waals surface area (Å²) in [5.41, 5.74) is 1.61. The van der Waals surface area contributed by atoms with Gasteiger partial charge in [-0.1, -0.05) is 23.7 Å². The Morgan fingerprint density at radius 1 is 0.941 bits per heavy atom. The molecule has 2 aromatic rings. The Kier molecular flexibility index (Phi) is 9.42. The van der Waals surface area contributed by atoms with Crippen LogP contribution in [-0.4, -0.2) is 75.7 Å². The van der Waals surface area contributed by atoms with Crippen molar-refractivity contribution in [3.05, 3.63) is 47.0 Å². The highest BCUT2D eigenvalue weighted by molar-refractivity contribution is 6.32. The second kappa shape index (κ2) is 12.5. The number of amides is 2. The standard InChI is InChI=1S/C25H32ClN3O5/c1-32-19-8-5-18(6-9-19)7-10-25(31)29-12-4-11-28(13-14-29)17-24(30)27-21-16-22(33-2)20(26)15-23(21)34-3/h5-6,8-9,15-16H,4,7,10-14,17H2,1-3H3,(H,27,30). The van der Waals surface area contributed by atoms with Gasteiger partial charge in [0.1, 0.15) is 17.2 Å². The maximum absolute atomic E-state index is 12.7. The first-order chi connectivity index (χ1) is 16.4. The number of benzene rings is 2. The zero-order valence-electron chi connectivity index (χ0n) is 19.9. The van der Waals surface area contributed by atoms with Crippen molar-refractivity contribution >= 4 is 29.1 Å². The van der Waals surface area contributed by atoms with E-state index in [9.17, 15) is 9.59 Å². The molecule has 0 bridgehead atoms. The highest BCUT2D eigenvalue weighted by Gasteiger charge is 2.21. The van der Waals surface area contributed by atoms with Crippen LogP contribution in [0.15, 0.2) is 36.4 Å². The summed E-state index contributed by atoms with van der Waals surface area (Å²) in [5, 5.41) is 3.28. The van der Waals surface area contributed by atoms with Crippen molar-refractivity contribution in [2.75, 3.05) is 59.4 Å². The van der Waals surface area contributed by atoms with Gasteiger partial charge in [-0.2, -0.15) is 0 Å². The van der Waals surface area contributed by atoms with Gasteiger partial charge in [0.15, 0.2) is 0 Å². The Morgan fingerprint density at radius 2 is 1.68 bits per heavy atom. The van der Waals surface area contributed by atoms with E-state index in [2.05, 4.69) is 10.2 Å². The molecule has 1 aliphatic rings. The zero-order chi connectivity index (χ0) is 24.5. The molecule has 2 amide bonds. The summed E-state index contributed by atoms with van der Waals surface area (Å²) in [6.45, 7) is 2.91. The minimum Gasteiger partial charge on any atom is -0.497 e. The van der Waals surface area contributed by atoms with Gasteiger partial charge >= 0.3 is 0 Å². The van der Waals surface area contributed by atoms with E-state index in [1.165, 1.54) is 14.2 Å². The summed E-state index contributed by atoms with van der Waals surface area (Å²) in [5.74, 6) is 1.70. The van der Waals surface area contributed by atoms with E-state index in [4.69, 9.17) is 25.8 Å². The quantitative estimate of drug-likeness (QED) is 0.581. The predicted octanol–water partition coefficient (Wildman–Crippen LogP) is 3.47. The molecule has 0 radical (unpaired) electrons. The van der Waals surface area contributed by atoms with Crippen LogP contribution in [0.25, 0.3) is 0 Å². The molecule has 34 heavy (non-hydrogen) atoms. The topological polar surface area (TPSA) is 80.3 Å². The number of hydrogen-bond acceptors (Lipinski definition) is 6. The molecule has 2 aromatic carbocycles. The molecule has 3 rings (SSSR count). The maximum atomic E-state index is 12.7. The number of carbonyl (C=O) groups is 2. The summed E-state index contributed by atoms with van der Waals surface area (Å²) in [6.07, 6.45) is 1.97. The number of hydrogen-bond donors (Lipinski definition) is 1. The van der Waals surface area contributed by atoms with Crippen LogP contribution in [0.2, 0.25) is 5.02 Å². The molecule has 1 aliphatic heterocycles. The lowest BCUT2D eigenvalue weighted by atomic mass is 10.1. The lowest BCUT2D eigenvalue weighted by Gasteiger charge is -2.22. The van der Waals surface area contributed by atoms with Crippen LogP contribution in [0.4, 0.5) is 5.69 Å². The van der Waals surface area contributed by atoms with E-state index < -0.39 is 0 Å². The zero-order valence-corrected chi connectivity index (χ0v) is 20.7. The van der Waals surface area contributed by atoms with Crippen LogP contribution < -0.4 is 19.5 Å². The first-order valence-electron chi connectivity index (χ1n) is 11.3. The lowest BCUT2D eigenvalue weighted by Crippen LogP contribution is -2.38. The van der Waals surface area contributed by atoms with Crippen molar-refractivity contribution < 1.29 is 23.8 Å². The summed E-state index contributed by atoms with van der Waals surface area (Å²) >= 11 is 6.14. The molecule has 1 N–H and O–H groups in total. The Hall–Kier alpha value is -2.97. The monoisotopic (exact) mass is 489 g/mol. The summed E-state index contributed by atoms with van der Waals surface area (Å²) in [7, 11) is 4.67. The third-order valence-electron chi connectivity index (χ3n) is 5.84. The second-order valence-corrected chi connectivity index (χ2v) is 8.50. The van der Waals surface area contributed by atoms with Gasteiger partial charge in [0.05, 0.1) is 38.6 Å². The van der Waals surface area contributed by atoms with Gasteiger partial charge in [-0.3, -0.25) is 14.5 Å². The fraction of sp³-hybridized carbons (Fsp3) is 0.440. The lowest BCUT2D eigenvalue weighted by molar-refractivity contribution is -0.131. The molecule has 0 unspecified atom stereocenters. The van der Waals surface area contributed by atoms with E-state index in [1.54, 1.807) is 19.2 Å². The van der Waals surface area contributed by atoms with E-state index in [-0.39, 0.29) is 18.4 Å². The van der Waals surface area contributed by atoms with Crippen molar-refractivity contribution in [2.45, 2.75) is 19.3 Å². The molecule has 184 valence electrons. The average Bonchev–Trinajstić information content (AvgIpc) is 3.09. The number of rotatable bonds is 9. The molecule has 0 aromatic heterocycles. The third kappa shape index (κ3) is 7.01. The maximum Gasteiger partial charge on any atom is 0.238 e. The molecule has 1 heterocycles. The van der Waals surface area contributed by atoms with Crippen LogP contribution in [0.5, 0.6) is 17.2 Å². The summed E-state index contributed by atoms with van der Waals surface area (Å²) in [4.78, 5) is 29.4. The van der Waals surface area contributed by atoms with Gasteiger partial charge in [-0.05, 0) is 30.5 Å². The molecular weight excluding hydrogens is 458 g/mol. The van der Waals surface area contributed by atoms with Crippen molar-refractivity contribution in [1.29, 1.82) is 0 Å². The van der Waals surface area contributed by atoms with E-state index in [1.807, 2.05) is 29.2 Å². The molecule has 0 aliphatic carbocycles. The fourth-order valence-electron chi connectivity index (χ4n) is 3.93. The van der Waals surface area contributed by atoms with Crippen LogP contribution in [0.1, 0.15) is 18.4 Å². The van der Waals surface area contributed by atoms with Gasteiger partial charge in [0.25, 0.3) is 0 Å². The normalized spacial score (nSPS) is 14.3. The van der Waals surface area contributed by atoms with Gasteiger partial charge in [0, 0.05) is 44.7 Å². The van der Waals surface area contributed by atoms with E-state index >= 15 is 0 Å². The van der Waals surface area contributed by atoms with Crippen molar-refractivity contribution in [3.8, 4) is 17.2 Å². The van der Waals surface area contributed by atoms with Gasteiger partial charge < -0.3 is 24.4 Å². The Labute approximate surface area is 205 Å². The number of halogens is 1. The number of aryl methyl sites for hydroxylation is 1. The average molecular weight is 490 g/mol. The fourth-order valence-corrected chi connectivity index (χ4v) is 4.16. The predicted molar refractivity (Wildman–Crippen MR) is 132 cm³/mol. The molecule has 0 saturated carbocycles. The summed E-state index contributed by atoms with van der Waals surface area (Å²) in [6, 6.07) is 11.0. The number of carbonyl (C=O) groups excluding carboxylic acids is 2. The van der Waals surface area contributed by atoms with E-state index in [0.29, 0.717) is 54.7 Å². The van der Waals surface area contributed by atoms with Crippen LogP contribution in [0, 0.1) is 0 Å². The number of ether oxygens (including phenoxy) is 3. The summed E-state index contributed by atoms with van der Waals surface area (Å²) < 4.78 is 15.7. The van der Waals surface area contributed by atoms with Gasteiger partial charge in [0.2, 0.25) is 11.8 Å². The number of nitrogens with zero attached hydrogens (tertiary/aromatic N) is 2. The smallest absolute Gasteiger partial charge is 0.238 e. The largest absolute Gasteiger partial charge is 0.497 e. The molecule has 8 nitrogen and oxygen atoms in total. The Bertz CT molecular complexity index is 983. The van der Waals surface area contributed by atoms with Crippen molar-refractivity contribution in [3.63, 3.8) is 0 Å². The van der Waals surface area contributed by atoms with Crippen LogP contribution in [-0.2, 0) is 16.0 Å². The van der Waals surface area contributed by atoms with Crippen molar-refractivity contribution in [1.82, 2.24) is 9.80 Å². The first kappa shape index (κ1) is 25.6. The third-order valence-corrected chi connectivity index (χ3v) is 6.14. The minimum atomic E-state index is -0.165. The van der Waals surface area contributed by atoms with Gasteiger partial charge in [-0.15, -0.1) is 0 Å². The molecule has 9 heteroatoms. The van der Waals surface area contributed by atoms with Gasteiger partial charge in [-0.25, -0.2) is 0 Å². The highest BCUT2D eigenvalue weighted by Crippen LogP contribution is 2.35. The minimum absolute atomic E-state index is 0.139. The number of methoxy groups -OCH3 is 3. The van der Waals surface area contributed by atoms with E-state index in [0.717, 1.165) is 24.3 Å². The Balaban J connectivity index is 1.49. The molecule has 1 saturated heterocycles. The van der Waals surface area contributed by atoms with Crippen LogP contribution in [0.3, 0.4) is 0 Å². The SMILES string of the molecule is COc1ccc(CCC(=O)N2CCCN(CC(=O)Nc3cc(OC)c(Cl)cc3OC)CC2)cc1. The van der Waals surface area contributed by atoms with Crippen molar-refractivity contribution in [2.24, 2.45) is 0 Å². The molecule has 0 atom stereocenters. The molecular formula is C25H32ClN3O5. The number of nitrogens with one attached hydrogen (secondary N) is 1. The molecule has 0 spiro atoms. The number of anilines is 1. The first-order valence-corrected chi connectivity index (χ1v) is 11.7. The van der Waals surface area contributed by atoms with Crippen LogP contribution >= 0.6 is 11.6 Å².